The van der Waals surface area contributed by atoms with E-state index in [1.54, 1.807) is 0 Å². The van der Waals surface area contributed by atoms with Crippen molar-refractivity contribution in [2.45, 2.75) is 18.9 Å². The predicted octanol–water partition coefficient (Wildman–Crippen LogP) is -0.936. The molecular formula is C10H19NO5S2. The molecule has 0 bridgehead atoms. The van der Waals surface area contributed by atoms with Crippen LogP contribution in [-0.2, 0) is 19.9 Å². The standard InChI is InChI=1S/C10H19NO5S2/c1-17(13,14)4-5-18(15,16)11-6-8-2-3-10(12)9(8)7-11/h8-10,12H,2-7H2,1H3. The van der Waals surface area contributed by atoms with Crippen LogP contribution >= 0.6 is 0 Å². The average molecular weight is 297 g/mol. The highest BCUT2D eigenvalue weighted by molar-refractivity contribution is 7.93. The van der Waals surface area contributed by atoms with Gasteiger partial charge < -0.3 is 5.11 Å². The molecule has 1 aliphatic heterocycles. The summed E-state index contributed by atoms with van der Waals surface area (Å²) in [6.45, 7) is 0.756. The second kappa shape index (κ2) is 4.73. The average Bonchev–Trinajstić information content (AvgIpc) is 2.78. The van der Waals surface area contributed by atoms with Gasteiger partial charge in [-0.15, -0.1) is 0 Å². The molecule has 6 nitrogen and oxygen atoms in total. The Balaban J connectivity index is 2.00. The maximum absolute atomic E-state index is 12.0. The van der Waals surface area contributed by atoms with Crippen LogP contribution in [-0.4, -0.2) is 63.2 Å². The van der Waals surface area contributed by atoms with E-state index in [4.69, 9.17) is 0 Å². The van der Waals surface area contributed by atoms with Crippen molar-refractivity contribution in [3.05, 3.63) is 0 Å². The number of aliphatic hydroxyl groups excluding tert-OH is 1. The van der Waals surface area contributed by atoms with E-state index in [0.717, 1.165) is 19.1 Å². The quantitative estimate of drug-likeness (QED) is 0.723. The van der Waals surface area contributed by atoms with Gasteiger partial charge in [-0.05, 0) is 18.8 Å². The zero-order valence-corrected chi connectivity index (χ0v) is 12.0. The third-order valence-electron chi connectivity index (χ3n) is 3.89. The van der Waals surface area contributed by atoms with Crippen LogP contribution in [0.4, 0.5) is 0 Å². The first-order chi connectivity index (χ1) is 8.19. The Morgan fingerprint density at radius 2 is 1.78 bits per heavy atom. The lowest BCUT2D eigenvalue weighted by Crippen LogP contribution is -2.34. The Labute approximate surface area is 108 Å². The molecule has 1 heterocycles. The molecule has 0 spiro atoms. The molecular weight excluding hydrogens is 278 g/mol. The largest absolute Gasteiger partial charge is 0.393 e. The number of rotatable bonds is 4. The van der Waals surface area contributed by atoms with Crippen LogP contribution < -0.4 is 0 Å². The molecule has 3 atom stereocenters. The fourth-order valence-electron chi connectivity index (χ4n) is 2.81. The van der Waals surface area contributed by atoms with E-state index in [-0.39, 0.29) is 23.3 Å². The molecule has 2 aliphatic rings. The smallest absolute Gasteiger partial charge is 0.215 e. The molecule has 18 heavy (non-hydrogen) atoms. The van der Waals surface area contributed by atoms with Gasteiger partial charge in [0.15, 0.2) is 0 Å². The summed E-state index contributed by atoms with van der Waals surface area (Å²) in [5.41, 5.74) is 0. The number of hydrogen-bond acceptors (Lipinski definition) is 5. The minimum atomic E-state index is -3.52. The molecule has 2 fully saturated rings. The van der Waals surface area contributed by atoms with Crippen LogP contribution in [0.5, 0.6) is 0 Å². The second-order valence-electron chi connectivity index (χ2n) is 5.33. The van der Waals surface area contributed by atoms with Crippen LogP contribution in [0.2, 0.25) is 0 Å². The molecule has 0 aromatic carbocycles. The number of fused-ring (bicyclic) bond motifs is 1. The van der Waals surface area contributed by atoms with Gasteiger partial charge in [-0.1, -0.05) is 0 Å². The van der Waals surface area contributed by atoms with Crippen LogP contribution in [0.1, 0.15) is 12.8 Å². The van der Waals surface area contributed by atoms with Gasteiger partial charge in [-0.2, -0.15) is 0 Å². The van der Waals surface area contributed by atoms with E-state index in [1.165, 1.54) is 4.31 Å². The fraction of sp³-hybridized carbons (Fsp3) is 1.00. The Hall–Kier alpha value is -0.180. The molecule has 0 aromatic rings. The molecule has 0 amide bonds. The summed E-state index contributed by atoms with van der Waals surface area (Å²) in [4.78, 5) is 0. The minimum absolute atomic E-state index is 0.0259. The van der Waals surface area contributed by atoms with Crippen LogP contribution in [0.3, 0.4) is 0 Å². The highest BCUT2D eigenvalue weighted by Crippen LogP contribution is 2.39. The lowest BCUT2D eigenvalue weighted by atomic mass is 10.00. The van der Waals surface area contributed by atoms with Gasteiger partial charge in [0, 0.05) is 25.3 Å². The molecule has 1 aliphatic carbocycles. The van der Waals surface area contributed by atoms with Crippen molar-refractivity contribution in [1.82, 2.24) is 4.31 Å². The molecule has 8 heteroatoms. The lowest BCUT2D eigenvalue weighted by Gasteiger charge is -2.17. The molecule has 106 valence electrons. The summed E-state index contributed by atoms with van der Waals surface area (Å²) < 4.78 is 47.4. The maximum atomic E-state index is 12.0. The molecule has 1 saturated heterocycles. The zero-order chi connectivity index (χ0) is 13.6. The molecule has 0 radical (unpaired) electrons. The summed E-state index contributed by atoms with van der Waals surface area (Å²) in [5, 5.41) is 9.72. The van der Waals surface area contributed by atoms with Gasteiger partial charge in [0.25, 0.3) is 0 Å². The van der Waals surface area contributed by atoms with Crippen molar-refractivity contribution >= 4 is 19.9 Å². The highest BCUT2D eigenvalue weighted by atomic mass is 32.2. The zero-order valence-electron chi connectivity index (χ0n) is 10.3. The minimum Gasteiger partial charge on any atom is -0.393 e. The number of sulfone groups is 1. The van der Waals surface area contributed by atoms with Crippen molar-refractivity contribution in [3.63, 3.8) is 0 Å². The lowest BCUT2D eigenvalue weighted by molar-refractivity contribution is 0.129. The van der Waals surface area contributed by atoms with E-state index in [2.05, 4.69) is 0 Å². The SMILES string of the molecule is CS(=O)(=O)CCS(=O)(=O)N1CC2CCC(O)C2C1. The van der Waals surface area contributed by atoms with Crippen molar-refractivity contribution < 1.29 is 21.9 Å². The van der Waals surface area contributed by atoms with Gasteiger partial charge in [0.1, 0.15) is 9.84 Å². The van der Waals surface area contributed by atoms with Gasteiger partial charge in [-0.3, -0.25) is 0 Å². The topological polar surface area (TPSA) is 91.8 Å². The van der Waals surface area contributed by atoms with Crippen molar-refractivity contribution in [2.75, 3.05) is 30.9 Å². The number of sulfonamides is 1. The number of aliphatic hydroxyl groups is 1. The first-order valence-electron chi connectivity index (χ1n) is 6.03. The normalized spacial score (nSPS) is 33.8. The Kier molecular flexibility index (Phi) is 3.74. The Morgan fingerprint density at radius 3 is 2.33 bits per heavy atom. The Bertz CT molecular complexity index is 512. The third-order valence-corrected chi connectivity index (χ3v) is 6.90. The second-order valence-corrected chi connectivity index (χ2v) is 9.68. The highest BCUT2D eigenvalue weighted by Gasteiger charge is 2.45. The first kappa shape index (κ1) is 14.2. The predicted molar refractivity (Wildman–Crippen MR) is 67.3 cm³/mol. The summed E-state index contributed by atoms with van der Waals surface area (Å²) in [6, 6.07) is 0. The summed E-state index contributed by atoms with van der Waals surface area (Å²) in [6.07, 6.45) is 2.21. The van der Waals surface area contributed by atoms with E-state index < -0.39 is 26.0 Å². The van der Waals surface area contributed by atoms with E-state index >= 15 is 0 Å². The summed E-state index contributed by atoms with van der Waals surface area (Å²) in [5.74, 6) is -0.448. The van der Waals surface area contributed by atoms with Gasteiger partial charge >= 0.3 is 0 Å². The first-order valence-corrected chi connectivity index (χ1v) is 9.69. The molecule has 3 unspecified atom stereocenters. The third kappa shape index (κ3) is 3.04. The monoisotopic (exact) mass is 297 g/mol. The number of hydrogen-bond donors (Lipinski definition) is 1. The molecule has 1 saturated carbocycles. The Morgan fingerprint density at radius 1 is 1.11 bits per heavy atom. The van der Waals surface area contributed by atoms with Gasteiger partial charge in [-0.25, -0.2) is 21.1 Å². The fourth-order valence-corrected chi connectivity index (χ4v) is 5.94. The van der Waals surface area contributed by atoms with Crippen LogP contribution in [0.25, 0.3) is 0 Å². The van der Waals surface area contributed by atoms with Gasteiger partial charge in [0.2, 0.25) is 10.0 Å². The van der Waals surface area contributed by atoms with E-state index in [1.807, 2.05) is 0 Å². The van der Waals surface area contributed by atoms with E-state index in [0.29, 0.717) is 13.1 Å². The van der Waals surface area contributed by atoms with Crippen LogP contribution in [0.15, 0.2) is 0 Å². The van der Waals surface area contributed by atoms with E-state index in [9.17, 15) is 21.9 Å². The van der Waals surface area contributed by atoms with Gasteiger partial charge in [0.05, 0.1) is 17.6 Å². The van der Waals surface area contributed by atoms with Crippen LogP contribution in [0, 0.1) is 11.8 Å². The van der Waals surface area contributed by atoms with Crippen molar-refractivity contribution in [1.29, 1.82) is 0 Å². The van der Waals surface area contributed by atoms with Crippen molar-refractivity contribution in [3.8, 4) is 0 Å². The molecule has 0 aromatic heterocycles. The summed E-state index contributed by atoms with van der Waals surface area (Å²) in [7, 11) is -6.79. The molecule has 2 rings (SSSR count). The summed E-state index contributed by atoms with van der Waals surface area (Å²) >= 11 is 0. The number of nitrogens with zero attached hydrogens (tertiary/aromatic N) is 1. The van der Waals surface area contributed by atoms with Crippen molar-refractivity contribution in [2.24, 2.45) is 11.8 Å². The maximum Gasteiger partial charge on any atom is 0.215 e. The molecule has 1 N–H and O–H groups in total.